The molecule has 0 aliphatic carbocycles. The molecule has 1 amide bonds. The summed E-state index contributed by atoms with van der Waals surface area (Å²) < 4.78 is 38.3. The Balaban J connectivity index is 1.72. The Hall–Kier alpha value is -2.23. The van der Waals surface area contributed by atoms with E-state index in [1.54, 1.807) is 0 Å². The van der Waals surface area contributed by atoms with Crippen LogP contribution in [0, 0.1) is 11.3 Å². The molecular weight excluding hydrogens is 319 g/mol. The van der Waals surface area contributed by atoms with E-state index in [-0.39, 0.29) is 17.5 Å². The normalized spacial score (nSPS) is 19.7. The van der Waals surface area contributed by atoms with Crippen LogP contribution in [-0.2, 0) is 11.0 Å². The van der Waals surface area contributed by atoms with Crippen molar-refractivity contribution in [2.45, 2.75) is 37.9 Å². The molecule has 2 fully saturated rings. The van der Waals surface area contributed by atoms with Gasteiger partial charge in [0.05, 0.1) is 16.8 Å². The Morgan fingerprint density at radius 3 is 2.42 bits per heavy atom. The van der Waals surface area contributed by atoms with E-state index in [2.05, 4.69) is 0 Å². The number of anilines is 1. The van der Waals surface area contributed by atoms with Crippen LogP contribution < -0.4 is 4.90 Å². The lowest BCUT2D eigenvalue weighted by molar-refractivity contribution is -0.137. The highest BCUT2D eigenvalue weighted by atomic mass is 19.4. The molecule has 3 rings (SSSR count). The lowest BCUT2D eigenvalue weighted by atomic mass is 10.0. The van der Waals surface area contributed by atoms with E-state index < -0.39 is 11.7 Å². The van der Waals surface area contributed by atoms with Crippen LogP contribution in [0.4, 0.5) is 18.9 Å². The third kappa shape index (κ3) is 3.18. The van der Waals surface area contributed by atoms with E-state index in [1.165, 1.54) is 6.07 Å². The number of nitriles is 1. The predicted molar refractivity (Wildman–Crippen MR) is 82.3 cm³/mol. The summed E-state index contributed by atoms with van der Waals surface area (Å²) in [5.74, 6) is 0.195. The molecule has 0 aromatic heterocycles. The molecule has 0 N–H and O–H groups in total. The van der Waals surface area contributed by atoms with Gasteiger partial charge in [0, 0.05) is 32.1 Å². The van der Waals surface area contributed by atoms with Crippen LogP contribution >= 0.6 is 0 Å². The van der Waals surface area contributed by atoms with Crippen LogP contribution in [0.5, 0.6) is 0 Å². The molecule has 2 aliphatic heterocycles. The molecule has 0 unspecified atom stereocenters. The van der Waals surface area contributed by atoms with Gasteiger partial charge in [-0.25, -0.2) is 0 Å². The van der Waals surface area contributed by atoms with Gasteiger partial charge in [0.2, 0.25) is 5.91 Å². The van der Waals surface area contributed by atoms with Gasteiger partial charge in [-0.15, -0.1) is 0 Å². The van der Waals surface area contributed by atoms with E-state index in [4.69, 9.17) is 0 Å². The van der Waals surface area contributed by atoms with Crippen LogP contribution in [0.2, 0.25) is 0 Å². The van der Waals surface area contributed by atoms with Crippen molar-refractivity contribution in [2.75, 3.05) is 24.5 Å². The summed E-state index contributed by atoms with van der Waals surface area (Å²) in [6.45, 7) is 2.07. The highest BCUT2D eigenvalue weighted by molar-refractivity contribution is 5.78. The van der Waals surface area contributed by atoms with Gasteiger partial charge >= 0.3 is 6.18 Å². The van der Waals surface area contributed by atoms with E-state index in [0.29, 0.717) is 25.2 Å². The minimum absolute atomic E-state index is 0.0422. The Morgan fingerprint density at radius 2 is 1.88 bits per heavy atom. The third-order valence-electron chi connectivity index (χ3n) is 4.80. The van der Waals surface area contributed by atoms with E-state index >= 15 is 0 Å². The van der Waals surface area contributed by atoms with Gasteiger partial charge in [-0.05, 0) is 37.5 Å². The number of hydrogen-bond donors (Lipinski definition) is 0. The Morgan fingerprint density at radius 1 is 1.17 bits per heavy atom. The summed E-state index contributed by atoms with van der Waals surface area (Å²) in [5, 5.41) is 9.20. The lowest BCUT2D eigenvalue weighted by Gasteiger charge is -2.38. The average molecular weight is 337 g/mol. The summed E-state index contributed by atoms with van der Waals surface area (Å²) in [7, 11) is 0. The van der Waals surface area contributed by atoms with Crippen molar-refractivity contribution in [2.24, 2.45) is 0 Å². The summed E-state index contributed by atoms with van der Waals surface area (Å²) in [6, 6.07) is 5.38. The van der Waals surface area contributed by atoms with Crippen molar-refractivity contribution in [3.63, 3.8) is 0 Å². The number of benzene rings is 1. The Labute approximate surface area is 138 Å². The molecule has 2 aliphatic rings. The van der Waals surface area contributed by atoms with Gasteiger partial charge in [-0.1, -0.05) is 0 Å². The molecule has 0 bridgehead atoms. The summed E-state index contributed by atoms with van der Waals surface area (Å²) >= 11 is 0. The fourth-order valence-electron chi connectivity index (χ4n) is 3.55. The number of nitrogens with zero attached hydrogens (tertiary/aromatic N) is 3. The molecule has 2 heterocycles. The van der Waals surface area contributed by atoms with Crippen LogP contribution in [0.15, 0.2) is 18.2 Å². The number of carbonyl (C=O) groups excluding carboxylic acids is 1. The number of amides is 1. The van der Waals surface area contributed by atoms with Gasteiger partial charge in [-0.3, -0.25) is 4.79 Å². The predicted octanol–water partition coefficient (Wildman–Crippen LogP) is 3.17. The van der Waals surface area contributed by atoms with E-state index in [1.807, 2.05) is 15.9 Å². The maximum atomic E-state index is 12.8. The topological polar surface area (TPSA) is 47.3 Å². The zero-order valence-electron chi connectivity index (χ0n) is 13.1. The number of likely N-dealkylation sites (tertiary alicyclic amines) is 1. The first-order chi connectivity index (χ1) is 11.4. The summed E-state index contributed by atoms with van der Waals surface area (Å²) in [6.07, 6.45) is -1.39. The van der Waals surface area contributed by atoms with E-state index in [0.717, 1.165) is 37.9 Å². The Bertz CT molecular complexity index is 673. The van der Waals surface area contributed by atoms with Gasteiger partial charge in [0.15, 0.2) is 0 Å². The maximum Gasteiger partial charge on any atom is 0.416 e. The second kappa shape index (κ2) is 6.34. The first kappa shape index (κ1) is 16.6. The summed E-state index contributed by atoms with van der Waals surface area (Å²) in [4.78, 5) is 15.7. The van der Waals surface area contributed by atoms with Crippen molar-refractivity contribution >= 4 is 11.6 Å². The fraction of sp³-hybridized carbons (Fsp3) is 0.529. The number of rotatable bonds is 2. The van der Waals surface area contributed by atoms with Crippen LogP contribution in [0.1, 0.15) is 36.8 Å². The molecule has 128 valence electrons. The van der Waals surface area contributed by atoms with Crippen LogP contribution in [0.3, 0.4) is 0 Å². The van der Waals surface area contributed by atoms with Gasteiger partial charge < -0.3 is 9.80 Å². The second-order valence-electron chi connectivity index (χ2n) is 6.25. The van der Waals surface area contributed by atoms with Gasteiger partial charge in [-0.2, -0.15) is 18.4 Å². The first-order valence-corrected chi connectivity index (χ1v) is 8.06. The van der Waals surface area contributed by atoms with Gasteiger partial charge in [0.25, 0.3) is 0 Å². The molecule has 1 aromatic carbocycles. The molecule has 24 heavy (non-hydrogen) atoms. The molecule has 7 heteroatoms. The van der Waals surface area contributed by atoms with Crippen molar-refractivity contribution in [3.8, 4) is 6.07 Å². The maximum absolute atomic E-state index is 12.8. The van der Waals surface area contributed by atoms with Gasteiger partial charge in [0.1, 0.15) is 6.07 Å². The standard InChI is InChI=1S/C17H18F3N3O/c18-17(19,20)13-3-4-15(12(10-13)11-21)22-8-5-14(6-9-22)23-7-1-2-16(23)24/h3-4,10,14H,1-2,5-9H2. The van der Waals surface area contributed by atoms with Crippen molar-refractivity contribution < 1.29 is 18.0 Å². The molecule has 0 spiro atoms. The third-order valence-corrected chi connectivity index (χ3v) is 4.80. The zero-order valence-corrected chi connectivity index (χ0v) is 13.1. The summed E-state index contributed by atoms with van der Waals surface area (Å²) in [5.41, 5.74) is -0.224. The monoisotopic (exact) mass is 337 g/mol. The highest BCUT2D eigenvalue weighted by Crippen LogP contribution is 2.34. The van der Waals surface area contributed by atoms with Crippen LogP contribution in [-0.4, -0.2) is 36.5 Å². The minimum atomic E-state index is -4.45. The van der Waals surface area contributed by atoms with E-state index in [9.17, 15) is 23.2 Å². The molecule has 4 nitrogen and oxygen atoms in total. The highest BCUT2D eigenvalue weighted by Gasteiger charge is 2.33. The van der Waals surface area contributed by atoms with Crippen molar-refractivity contribution in [1.82, 2.24) is 4.90 Å². The first-order valence-electron chi connectivity index (χ1n) is 8.06. The molecular formula is C17H18F3N3O. The van der Waals surface area contributed by atoms with Crippen molar-refractivity contribution in [1.29, 1.82) is 5.26 Å². The molecule has 0 saturated carbocycles. The number of hydrogen-bond acceptors (Lipinski definition) is 3. The largest absolute Gasteiger partial charge is 0.416 e. The average Bonchev–Trinajstić information content (AvgIpc) is 2.99. The van der Waals surface area contributed by atoms with Crippen molar-refractivity contribution in [3.05, 3.63) is 29.3 Å². The lowest BCUT2D eigenvalue weighted by Crippen LogP contribution is -2.45. The smallest absolute Gasteiger partial charge is 0.370 e. The molecule has 2 saturated heterocycles. The second-order valence-corrected chi connectivity index (χ2v) is 6.25. The fourth-order valence-corrected chi connectivity index (χ4v) is 3.55. The molecule has 1 aromatic rings. The number of piperidine rings is 1. The van der Waals surface area contributed by atoms with Crippen LogP contribution in [0.25, 0.3) is 0 Å². The quantitative estimate of drug-likeness (QED) is 0.833. The minimum Gasteiger partial charge on any atom is -0.370 e. The Kier molecular flexibility index (Phi) is 4.39. The molecule has 0 atom stereocenters. The number of carbonyl (C=O) groups is 1. The zero-order chi connectivity index (χ0) is 17.3. The number of alkyl halides is 3. The molecule has 0 radical (unpaired) electrons. The SMILES string of the molecule is N#Cc1cc(C(F)(F)F)ccc1N1CCC(N2CCCC2=O)CC1. The number of halogens is 3.